The molecule has 0 aromatic heterocycles. The first-order valence-electron chi connectivity index (χ1n) is 27.3. The number of unbranched alkanes of at least 4 members (excludes halogenated alkanes) is 35. The third-order valence-electron chi connectivity index (χ3n) is 12.2. The summed E-state index contributed by atoms with van der Waals surface area (Å²) in [6.45, 7) is 6.63. The van der Waals surface area contributed by atoms with Crippen LogP contribution in [0.25, 0.3) is 0 Å². The Kier molecular flexibility index (Phi) is 49.8. The smallest absolute Gasteiger partial charge is 0.306 e. The zero-order valence-electron chi connectivity index (χ0n) is 41.7. The molecule has 0 saturated heterocycles. The van der Waals surface area contributed by atoms with Crippen molar-refractivity contribution in [2.75, 3.05) is 13.2 Å². The van der Waals surface area contributed by atoms with Gasteiger partial charge in [-0.25, -0.2) is 0 Å². The largest absolute Gasteiger partial charge is 0.462 e. The Morgan fingerprint density at radius 3 is 0.919 bits per heavy atom. The van der Waals surface area contributed by atoms with Gasteiger partial charge in [0, 0.05) is 19.3 Å². The monoisotopic (exact) mass is 873 g/mol. The third-order valence-corrected chi connectivity index (χ3v) is 12.2. The van der Waals surface area contributed by atoms with Crippen LogP contribution in [-0.4, -0.2) is 37.2 Å². The quantitative estimate of drug-likeness (QED) is 0.0262. The van der Waals surface area contributed by atoms with E-state index in [0.29, 0.717) is 19.3 Å². The molecule has 62 heavy (non-hydrogen) atoms. The molecule has 0 spiro atoms. The van der Waals surface area contributed by atoms with Gasteiger partial charge in [-0.15, -0.1) is 0 Å². The Labute approximate surface area is 385 Å². The fourth-order valence-electron chi connectivity index (χ4n) is 8.06. The third kappa shape index (κ3) is 48.9. The molecule has 6 nitrogen and oxygen atoms in total. The normalized spacial score (nSPS) is 12.1. The van der Waals surface area contributed by atoms with Crippen molar-refractivity contribution in [1.82, 2.24) is 0 Å². The number of esters is 3. The number of allylic oxidation sites excluding steroid dienone is 4. The van der Waals surface area contributed by atoms with Crippen LogP contribution in [0.2, 0.25) is 0 Å². The Morgan fingerprint density at radius 2 is 0.581 bits per heavy atom. The topological polar surface area (TPSA) is 78.9 Å². The van der Waals surface area contributed by atoms with Crippen molar-refractivity contribution in [2.45, 2.75) is 303 Å². The number of ether oxygens (including phenoxy) is 3. The van der Waals surface area contributed by atoms with Crippen molar-refractivity contribution in [1.29, 1.82) is 0 Å². The molecule has 0 bridgehead atoms. The summed E-state index contributed by atoms with van der Waals surface area (Å²) >= 11 is 0. The molecule has 364 valence electrons. The molecule has 0 amide bonds. The minimum Gasteiger partial charge on any atom is -0.462 e. The number of carbonyl (C=O) groups excluding carboxylic acids is 3. The molecular weight excluding hydrogens is 769 g/mol. The van der Waals surface area contributed by atoms with Crippen LogP contribution >= 0.6 is 0 Å². The molecule has 0 heterocycles. The molecule has 0 saturated carbocycles. The molecule has 1 atom stereocenters. The molecule has 0 rings (SSSR count). The van der Waals surface area contributed by atoms with Crippen LogP contribution < -0.4 is 0 Å². The summed E-state index contributed by atoms with van der Waals surface area (Å²) in [5, 5.41) is 0. The Balaban J connectivity index is 4.26. The van der Waals surface area contributed by atoms with Gasteiger partial charge in [-0.1, -0.05) is 251 Å². The maximum atomic E-state index is 12.8. The van der Waals surface area contributed by atoms with E-state index in [-0.39, 0.29) is 31.1 Å². The molecular formula is C56H104O6. The minimum atomic E-state index is -0.769. The maximum Gasteiger partial charge on any atom is 0.306 e. The van der Waals surface area contributed by atoms with E-state index in [1.54, 1.807) is 0 Å². The SMILES string of the molecule is CCCCC/C=C\C/C=C\CCCCCCCCCC(=O)OC(COC(=O)CCCCCCCCCCC)COC(=O)CCCCCCCCCCCCCCCCCCCC. The van der Waals surface area contributed by atoms with Gasteiger partial charge >= 0.3 is 17.9 Å². The molecule has 0 aliphatic heterocycles. The number of hydrogen-bond donors (Lipinski definition) is 0. The van der Waals surface area contributed by atoms with Gasteiger partial charge in [-0.2, -0.15) is 0 Å². The van der Waals surface area contributed by atoms with Crippen molar-refractivity contribution in [2.24, 2.45) is 0 Å². The number of rotatable bonds is 50. The lowest BCUT2D eigenvalue weighted by molar-refractivity contribution is -0.167. The van der Waals surface area contributed by atoms with Gasteiger partial charge in [0.15, 0.2) is 6.10 Å². The van der Waals surface area contributed by atoms with E-state index in [9.17, 15) is 14.4 Å². The van der Waals surface area contributed by atoms with Gasteiger partial charge in [-0.3, -0.25) is 14.4 Å². The van der Waals surface area contributed by atoms with Crippen molar-refractivity contribution in [3.05, 3.63) is 24.3 Å². The van der Waals surface area contributed by atoms with Crippen LogP contribution in [0, 0.1) is 0 Å². The highest BCUT2D eigenvalue weighted by Crippen LogP contribution is 2.16. The first-order valence-corrected chi connectivity index (χ1v) is 27.3. The van der Waals surface area contributed by atoms with E-state index in [2.05, 4.69) is 45.1 Å². The molecule has 0 N–H and O–H groups in total. The predicted molar refractivity (Wildman–Crippen MR) is 266 cm³/mol. The van der Waals surface area contributed by atoms with Crippen LogP contribution in [-0.2, 0) is 28.6 Å². The standard InChI is InChI=1S/C56H104O6/c1-4-7-10-13-16-19-21-23-25-27-29-30-32-34-37-40-43-46-49-55(58)61-52-53(51-60-54(57)48-45-42-39-36-18-15-12-9-6-3)62-56(59)50-47-44-41-38-35-33-31-28-26-24-22-20-17-14-11-8-5-2/h17,20,24,26,53H,4-16,18-19,21-23,25,27-52H2,1-3H3/b20-17-,26-24-. The van der Waals surface area contributed by atoms with E-state index < -0.39 is 6.10 Å². The molecule has 0 aromatic carbocycles. The summed E-state index contributed by atoms with van der Waals surface area (Å²) in [7, 11) is 0. The molecule has 0 aliphatic rings. The van der Waals surface area contributed by atoms with Crippen LogP contribution in [0.3, 0.4) is 0 Å². The first-order chi connectivity index (χ1) is 30.5. The van der Waals surface area contributed by atoms with Crippen molar-refractivity contribution < 1.29 is 28.6 Å². The van der Waals surface area contributed by atoms with Crippen LogP contribution in [0.5, 0.6) is 0 Å². The average molecular weight is 873 g/mol. The first kappa shape index (κ1) is 59.9. The van der Waals surface area contributed by atoms with Gasteiger partial charge in [0.1, 0.15) is 13.2 Å². The van der Waals surface area contributed by atoms with E-state index in [0.717, 1.165) is 70.6 Å². The van der Waals surface area contributed by atoms with E-state index in [4.69, 9.17) is 14.2 Å². The molecule has 0 fully saturated rings. The zero-order chi connectivity index (χ0) is 45.1. The van der Waals surface area contributed by atoms with Gasteiger partial charge in [0.25, 0.3) is 0 Å². The summed E-state index contributed by atoms with van der Waals surface area (Å²) < 4.78 is 16.8. The van der Waals surface area contributed by atoms with Crippen molar-refractivity contribution in [3.8, 4) is 0 Å². The summed E-state index contributed by atoms with van der Waals surface area (Å²) in [4.78, 5) is 38.0. The van der Waals surface area contributed by atoms with E-state index in [1.165, 1.54) is 186 Å². The van der Waals surface area contributed by atoms with Gasteiger partial charge < -0.3 is 14.2 Å². The lowest BCUT2D eigenvalue weighted by atomic mass is 10.0. The molecule has 6 heteroatoms. The summed E-state index contributed by atoms with van der Waals surface area (Å²) in [5.41, 5.74) is 0. The lowest BCUT2D eigenvalue weighted by Crippen LogP contribution is -2.30. The highest BCUT2D eigenvalue weighted by Gasteiger charge is 2.19. The van der Waals surface area contributed by atoms with E-state index >= 15 is 0 Å². The van der Waals surface area contributed by atoms with Crippen LogP contribution in [0.1, 0.15) is 297 Å². The highest BCUT2D eigenvalue weighted by atomic mass is 16.6. The molecule has 1 unspecified atom stereocenters. The minimum absolute atomic E-state index is 0.0696. The second-order valence-electron chi connectivity index (χ2n) is 18.5. The van der Waals surface area contributed by atoms with Crippen molar-refractivity contribution >= 4 is 17.9 Å². The number of hydrogen-bond acceptors (Lipinski definition) is 6. The fraction of sp³-hybridized carbons (Fsp3) is 0.875. The zero-order valence-corrected chi connectivity index (χ0v) is 41.7. The van der Waals surface area contributed by atoms with Gasteiger partial charge in [0.2, 0.25) is 0 Å². The van der Waals surface area contributed by atoms with Gasteiger partial charge in [-0.05, 0) is 51.4 Å². The summed E-state index contributed by atoms with van der Waals surface area (Å²) in [5.74, 6) is -0.863. The average Bonchev–Trinajstić information content (AvgIpc) is 3.27. The summed E-state index contributed by atoms with van der Waals surface area (Å²) in [6.07, 6.45) is 58.8. The van der Waals surface area contributed by atoms with Gasteiger partial charge in [0.05, 0.1) is 0 Å². The Hall–Kier alpha value is -2.11. The summed E-state index contributed by atoms with van der Waals surface area (Å²) in [6, 6.07) is 0. The maximum absolute atomic E-state index is 12.8. The highest BCUT2D eigenvalue weighted by molar-refractivity contribution is 5.71. The fourth-order valence-corrected chi connectivity index (χ4v) is 8.06. The van der Waals surface area contributed by atoms with E-state index in [1.807, 2.05) is 0 Å². The molecule has 0 radical (unpaired) electrons. The van der Waals surface area contributed by atoms with Crippen molar-refractivity contribution in [3.63, 3.8) is 0 Å². The Morgan fingerprint density at radius 1 is 0.323 bits per heavy atom. The molecule has 0 aliphatic carbocycles. The number of carbonyl (C=O) groups is 3. The Bertz CT molecular complexity index is 1000. The second kappa shape index (κ2) is 51.5. The second-order valence-corrected chi connectivity index (χ2v) is 18.5. The van der Waals surface area contributed by atoms with Crippen LogP contribution in [0.15, 0.2) is 24.3 Å². The van der Waals surface area contributed by atoms with Crippen LogP contribution in [0.4, 0.5) is 0 Å². The molecule has 0 aromatic rings. The lowest BCUT2D eigenvalue weighted by Gasteiger charge is -2.18. The predicted octanol–water partition coefficient (Wildman–Crippen LogP) is 17.9.